The molecule has 2 N–H and O–H groups in total. The van der Waals surface area contributed by atoms with Crippen molar-refractivity contribution in [2.45, 2.75) is 44.8 Å². The highest BCUT2D eigenvalue weighted by atomic mass is 16.5. The van der Waals surface area contributed by atoms with Crippen molar-refractivity contribution in [2.24, 2.45) is 5.73 Å². The lowest BCUT2D eigenvalue weighted by molar-refractivity contribution is 0.0234. The topological polar surface area (TPSA) is 109 Å². The summed E-state index contributed by atoms with van der Waals surface area (Å²) in [7, 11) is 3.20. The lowest BCUT2D eigenvalue weighted by atomic mass is 9.91. The van der Waals surface area contributed by atoms with E-state index >= 15 is 0 Å². The zero-order valence-electron chi connectivity index (χ0n) is 19.0. The Labute approximate surface area is 187 Å². The van der Waals surface area contributed by atoms with Crippen LogP contribution in [0, 0.1) is 0 Å². The van der Waals surface area contributed by atoms with E-state index in [4.69, 9.17) is 24.9 Å². The number of nitrogens with two attached hydrogens (primary N) is 1. The number of nitrogens with zero attached hydrogens (tertiary/aromatic N) is 3. The molecule has 3 aromatic rings. The van der Waals surface area contributed by atoms with E-state index in [0.717, 1.165) is 33.4 Å². The molecule has 3 atom stereocenters. The van der Waals surface area contributed by atoms with Gasteiger partial charge in [0.1, 0.15) is 6.10 Å². The number of methoxy groups -OCH3 is 2. The van der Waals surface area contributed by atoms with Crippen molar-refractivity contribution in [3.8, 4) is 5.88 Å². The van der Waals surface area contributed by atoms with Gasteiger partial charge in [-0.25, -0.2) is 9.78 Å². The van der Waals surface area contributed by atoms with Crippen molar-refractivity contribution in [3.05, 3.63) is 58.8 Å². The highest BCUT2D eigenvalue weighted by molar-refractivity contribution is 5.92. The normalized spacial score (nSPS) is 19.9. The van der Waals surface area contributed by atoms with Crippen LogP contribution < -0.4 is 10.5 Å². The summed E-state index contributed by atoms with van der Waals surface area (Å²) in [4.78, 5) is 26.0. The number of pyridine rings is 3. The van der Waals surface area contributed by atoms with Crippen LogP contribution in [-0.2, 0) is 21.4 Å². The van der Waals surface area contributed by atoms with Gasteiger partial charge in [-0.3, -0.25) is 9.97 Å². The van der Waals surface area contributed by atoms with Crippen molar-refractivity contribution in [1.29, 1.82) is 0 Å². The minimum Gasteiger partial charge on any atom is -0.481 e. The largest absolute Gasteiger partial charge is 0.481 e. The molecule has 0 spiro atoms. The number of ether oxygens (including phenoxy) is 3. The zero-order chi connectivity index (χ0) is 23.0. The van der Waals surface area contributed by atoms with E-state index < -0.39 is 5.54 Å². The Balaban J connectivity index is 1.75. The van der Waals surface area contributed by atoms with Crippen molar-refractivity contribution in [3.63, 3.8) is 0 Å². The highest BCUT2D eigenvalue weighted by Crippen LogP contribution is 2.33. The van der Waals surface area contributed by atoms with Gasteiger partial charge in [0.25, 0.3) is 0 Å². The van der Waals surface area contributed by atoms with E-state index in [-0.39, 0.29) is 18.0 Å². The number of hydrogen-bond donors (Lipinski definition) is 1. The third kappa shape index (κ3) is 3.91. The van der Waals surface area contributed by atoms with E-state index in [9.17, 15) is 4.79 Å². The van der Waals surface area contributed by atoms with Crippen LogP contribution in [-0.4, -0.2) is 47.9 Å². The molecule has 0 saturated heterocycles. The maximum atomic E-state index is 12.2. The summed E-state index contributed by atoms with van der Waals surface area (Å²) in [5.74, 6) is 0.198. The summed E-state index contributed by atoms with van der Waals surface area (Å²) in [5, 5.41) is 1.69. The molecular formula is C24H28N4O4. The second kappa shape index (κ2) is 8.44. The molecule has 0 fully saturated rings. The molecular weight excluding hydrogens is 408 g/mol. The third-order valence-corrected chi connectivity index (χ3v) is 6.04. The van der Waals surface area contributed by atoms with Gasteiger partial charge < -0.3 is 19.9 Å². The maximum Gasteiger partial charge on any atom is 0.340 e. The molecule has 32 heavy (non-hydrogen) atoms. The Bertz CT molecular complexity index is 1180. The fourth-order valence-corrected chi connectivity index (χ4v) is 4.12. The minimum absolute atomic E-state index is 0.0288. The lowest BCUT2D eigenvalue weighted by Gasteiger charge is -2.27. The first-order valence-electron chi connectivity index (χ1n) is 10.6. The Hall–Kier alpha value is -3.10. The highest BCUT2D eigenvalue weighted by Gasteiger charge is 2.31. The molecule has 0 aromatic carbocycles. The molecule has 1 aliphatic rings. The van der Waals surface area contributed by atoms with E-state index in [1.807, 2.05) is 32.9 Å². The number of rotatable bonds is 6. The molecule has 0 saturated carbocycles. The molecule has 0 amide bonds. The van der Waals surface area contributed by atoms with Crippen LogP contribution in [0.2, 0.25) is 0 Å². The smallest absolute Gasteiger partial charge is 0.340 e. The Morgan fingerprint density at radius 3 is 2.62 bits per heavy atom. The van der Waals surface area contributed by atoms with E-state index in [0.29, 0.717) is 24.5 Å². The number of carbonyl (C=O) groups is 1. The van der Waals surface area contributed by atoms with E-state index in [2.05, 4.69) is 9.97 Å². The van der Waals surface area contributed by atoms with Crippen LogP contribution in [0.25, 0.3) is 10.8 Å². The number of esters is 1. The van der Waals surface area contributed by atoms with Gasteiger partial charge in [0.05, 0.1) is 35.9 Å². The van der Waals surface area contributed by atoms with Crippen LogP contribution in [0.4, 0.5) is 0 Å². The molecule has 1 aliphatic heterocycles. The fourth-order valence-electron chi connectivity index (χ4n) is 4.12. The van der Waals surface area contributed by atoms with Gasteiger partial charge in [-0.2, -0.15) is 0 Å². The second-order valence-electron chi connectivity index (χ2n) is 8.56. The predicted molar refractivity (Wildman–Crippen MR) is 120 cm³/mol. The fraction of sp³-hybridized carbons (Fsp3) is 0.417. The Morgan fingerprint density at radius 1 is 1.12 bits per heavy atom. The van der Waals surface area contributed by atoms with Crippen molar-refractivity contribution in [1.82, 2.24) is 15.0 Å². The maximum absolute atomic E-state index is 12.2. The van der Waals surface area contributed by atoms with Gasteiger partial charge in [0, 0.05) is 48.8 Å². The quantitative estimate of drug-likeness (QED) is 0.587. The molecule has 8 heteroatoms. The van der Waals surface area contributed by atoms with Gasteiger partial charge >= 0.3 is 5.97 Å². The summed E-state index contributed by atoms with van der Waals surface area (Å²) in [6.45, 7) is 6.15. The van der Waals surface area contributed by atoms with Crippen molar-refractivity contribution < 1.29 is 19.0 Å². The standard InChI is InChI=1S/C24H28N4O4/c1-13-14(2)32-23(29)17-7-6-15(28-21(13)17)8-16-9-18-19(10-26-16)22(31-5)27-11-20(18)24(3,25)12-30-4/h6-7,9-11,13-14H,8,12,25H2,1-5H3/t13-,14+,24-/m1/s1. The molecule has 4 rings (SSSR count). The summed E-state index contributed by atoms with van der Waals surface area (Å²) >= 11 is 0. The van der Waals surface area contributed by atoms with Gasteiger partial charge in [-0.05, 0) is 37.4 Å². The molecule has 168 valence electrons. The van der Waals surface area contributed by atoms with E-state index in [1.165, 1.54) is 0 Å². The molecule has 0 unspecified atom stereocenters. The van der Waals surface area contributed by atoms with Crippen LogP contribution in [0.5, 0.6) is 5.88 Å². The number of aromatic nitrogens is 3. The molecule has 0 radical (unpaired) electrons. The van der Waals surface area contributed by atoms with Crippen molar-refractivity contribution >= 4 is 16.7 Å². The third-order valence-electron chi connectivity index (χ3n) is 6.04. The van der Waals surface area contributed by atoms with Crippen LogP contribution in [0.15, 0.2) is 30.6 Å². The average molecular weight is 437 g/mol. The first-order valence-corrected chi connectivity index (χ1v) is 10.6. The SMILES string of the molecule is COC[C@@](C)(N)c1cnc(OC)c2cnc(Cc3ccc4c(n3)[C@H](C)[C@H](C)OC4=O)cc12. The van der Waals surface area contributed by atoms with Gasteiger partial charge in [-0.1, -0.05) is 6.92 Å². The summed E-state index contributed by atoms with van der Waals surface area (Å²) in [6.07, 6.45) is 3.79. The second-order valence-corrected chi connectivity index (χ2v) is 8.56. The lowest BCUT2D eigenvalue weighted by Crippen LogP contribution is -2.38. The number of hydrogen-bond acceptors (Lipinski definition) is 8. The van der Waals surface area contributed by atoms with Crippen LogP contribution >= 0.6 is 0 Å². The number of carbonyl (C=O) groups excluding carboxylic acids is 1. The zero-order valence-corrected chi connectivity index (χ0v) is 19.0. The summed E-state index contributed by atoms with van der Waals surface area (Å²) < 4.78 is 16.1. The molecule has 4 heterocycles. The Morgan fingerprint density at radius 2 is 1.91 bits per heavy atom. The summed E-state index contributed by atoms with van der Waals surface area (Å²) in [5.41, 5.74) is 9.62. The van der Waals surface area contributed by atoms with Gasteiger partial charge in [0.2, 0.25) is 5.88 Å². The van der Waals surface area contributed by atoms with Crippen molar-refractivity contribution in [2.75, 3.05) is 20.8 Å². The van der Waals surface area contributed by atoms with Crippen LogP contribution in [0.1, 0.15) is 59.7 Å². The number of fused-ring (bicyclic) bond motifs is 2. The van der Waals surface area contributed by atoms with Gasteiger partial charge in [-0.15, -0.1) is 0 Å². The monoisotopic (exact) mass is 436 g/mol. The van der Waals surface area contributed by atoms with E-state index in [1.54, 1.807) is 32.7 Å². The average Bonchev–Trinajstić information content (AvgIpc) is 2.76. The molecule has 3 aromatic heterocycles. The molecule has 8 nitrogen and oxygen atoms in total. The Kier molecular flexibility index (Phi) is 5.83. The predicted octanol–water partition coefficient (Wildman–Crippen LogP) is 3.11. The summed E-state index contributed by atoms with van der Waals surface area (Å²) in [6, 6.07) is 5.63. The first kappa shape index (κ1) is 22.1. The van der Waals surface area contributed by atoms with Crippen LogP contribution in [0.3, 0.4) is 0 Å². The molecule has 0 bridgehead atoms. The van der Waals surface area contributed by atoms with Gasteiger partial charge in [0.15, 0.2) is 0 Å². The number of cyclic esters (lactones) is 1. The molecule has 0 aliphatic carbocycles. The minimum atomic E-state index is -0.735. The first-order chi connectivity index (χ1) is 15.2.